The SMILES string of the molecule is NC1CC(c2cccc(-c3cncc4ccccc34)c2)C1. The first-order chi connectivity index (χ1) is 10.3. The lowest BCUT2D eigenvalue weighted by Gasteiger charge is -2.33. The van der Waals surface area contributed by atoms with Crippen LogP contribution in [0.3, 0.4) is 0 Å². The first-order valence-corrected chi connectivity index (χ1v) is 7.50. The molecule has 0 amide bonds. The first-order valence-electron chi connectivity index (χ1n) is 7.50. The number of rotatable bonds is 2. The number of hydrogen-bond donors (Lipinski definition) is 1. The van der Waals surface area contributed by atoms with Crippen molar-refractivity contribution in [1.82, 2.24) is 4.98 Å². The second kappa shape index (κ2) is 4.97. The molecule has 3 aromatic rings. The van der Waals surface area contributed by atoms with Crippen LogP contribution in [0.5, 0.6) is 0 Å². The van der Waals surface area contributed by atoms with Gasteiger partial charge < -0.3 is 5.73 Å². The smallest absolute Gasteiger partial charge is 0.0352 e. The summed E-state index contributed by atoms with van der Waals surface area (Å²) in [6, 6.07) is 17.7. The molecule has 0 aliphatic heterocycles. The Morgan fingerprint density at radius 3 is 2.67 bits per heavy atom. The summed E-state index contributed by atoms with van der Waals surface area (Å²) in [5.41, 5.74) is 9.78. The van der Waals surface area contributed by atoms with E-state index in [9.17, 15) is 0 Å². The van der Waals surface area contributed by atoms with Gasteiger partial charge in [-0.15, -0.1) is 0 Å². The topological polar surface area (TPSA) is 38.9 Å². The van der Waals surface area contributed by atoms with Gasteiger partial charge >= 0.3 is 0 Å². The number of pyridine rings is 1. The maximum atomic E-state index is 5.92. The quantitative estimate of drug-likeness (QED) is 0.764. The lowest BCUT2D eigenvalue weighted by Crippen LogP contribution is -2.34. The summed E-state index contributed by atoms with van der Waals surface area (Å²) in [6.07, 6.45) is 6.11. The fourth-order valence-electron chi connectivity index (χ4n) is 3.24. The minimum atomic E-state index is 0.387. The molecule has 1 saturated carbocycles. The van der Waals surface area contributed by atoms with Gasteiger partial charge in [-0.2, -0.15) is 0 Å². The number of benzene rings is 2. The van der Waals surface area contributed by atoms with Crippen molar-refractivity contribution in [1.29, 1.82) is 0 Å². The number of fused-ring (bicyclic) bond motifs is 1. The Bertz CT molecular complexity index is 783. The predicted octanol–water partition coefficient (Wildman–Crippen LogP) is 4.11. The van der Waals surface area contributed by atoms with E-state index in [0.29, 0.717) is 12.0 Å². The Hall–Kier alpha value is -2.19. The van der Waals surface area contributed by atoms with Gasteiger partial charge in [0.1, 0.15) is 0 Å². The molecule has 2 N–H and O–H groups in total. The number of nitrogens with two attached hydrogens (primary N) is 1. The molecular formula is C19H18N2. The molecule has 4 rings (SSSR count). The maximum Gasteiger partial charge on any atom is 0.0352 e. The highest BCUT2D eigenvalue weighted by atomic mass is 14.7. The van der Waals surface area contributed by atoms with Crippen molar-refractivity contribution in [3.63, 3.8) is 0 Å². The highest BCUT2D eigenvalue weighted by molar-refractivity contribution is 5.95. The summed E-state index contributed by atoms with van der Waals surface area (Å²) in [6.45, 7) is 0. The molecule has 0 atom stereocenters. The Kier molecular flexibility index (Phi) is 2.97. The molecular weight excluding hydrogens is 256 g/mol. The molecule has 1 aromatic heterocycles. The van der Waals surface area contributed by atoms with Crippen LogP contribution in [-0.4, -0.2) is 11.0 Å². The van der Waals surface area contributed by atoms with Crippen LogP contribution in [0.25, 0.3) is 21.9 Å². The zero-order chi connectivity index (χ0) is 14.2. The summed E-state index contributed by atoms with van der Waals surface area (Å²) in [4.78, 5) is 4.39. The highest BCUT2D eigenvalue weighted by Gasteiger charge is 2.27. The van der Waals surface area contributed by atoms with Gasteiger partial charge in [0.25, 0.3) is 0 Å². The first kappa shape index (κ1) is 12.5. The van der Waals surface area contributed by atoms with E-state index in [1.54, 1.807) is 0 Å². The van der Waals surface area contributed by atoms with E-state index in [4.69, 9.17) is 5.73 Å². The molecule has 0 spiro atoms. The zero-order valence-corrected chi connectivity index (χ0v) is 11.9. The summed E-state index contributed by atoms with van der Waals surface area (Å²) in [7, 11) is 0. The van der Waals surface area contributed by atoms with Crippen molar-refractivity contribution in [2.24, 2.45) is 5.73 Å². The lowest BCUT2D eigenvalue weighted by molar-refractivity contribution is 0.351. The lowest BCUT2D eigenvalue weighted by atomic mass is 9.76. The molecule has 21 heavy (non-hydrogen) atoms. The molecule has 2 nitrogen and oxygen atoms in total. The molecule has 0 unspecified atom stereocenters. The van der Waals surface area contributed by atoms with Crippen LogP contribution in [0.1, 0.15) is 24.3 Å². The van der Waals surface area contributed by atoms with Crippen molar-refractivity contribution in [2.45, 2.75) is 24.8 Å². The fourth-order valence-corrected chi connectivity index (χ4v) is 3.24. The Morgan fingerprint density at radius 1 is 0.952 bits per heavy atom. The van der Waals surface area contributed by atoms with E-state index in [1.807, 2.05) is 12.4 Å². The van der Waals surface area contributed by atoms with Gasteiger partial charge in [0.2, 0.25) is 0 Å². The van der Waals surface area contributed by atoms with Crippen molar-refractivity contribution in [2.75, 3.05) is 0 Å². The predicted molar refractivity (Wildman–Crippen MR) is 87.1 cm³/mol. The largest absolute Gasteiger partial charge is 0.328 e. The second-order valence-corrected chi connectivity index (χ2v) is 5.96. The van der Waals surface area contributed by atoms with Crippen molar-refractivity contribution in [3.05, 3.63) is 66.5 Å². The molecule has 0 radical (unpaired) electrons. The highest BCUT2D eigenvalue weighted by Crippen LogP contribution is 2.37. The number of hydrogen-bond acceptors (Lipinski definition) is 2. The molecule has 1 aliphatic carbocycles. The van der Waals surface area contributed by atoms with Crippen LogP contribution in [0.2, 0.25) is 0 Å². The molecule has 0 bridgehead atoms. The van der Waals surface area contributed by atoms with Gasteiger partial charge in [-0.3, -0.25) is 4.98 Å². The van der Waals surface area contributed by atoms with Gasteiger partial charge in [-0.25, -0.2) is 0 Å². The molecule has 0 saturated heterocycles. The van der Waals surface area contributed by atoms with Gasteiger partial charge in [0.15, 0.2) is 0 Å². The summed E-state index contributed by atoms with van der Waals surface area (Å²) in [5, 5.41) is 2.45. The van der Waals surface area contributed by atoms with Crippen LogP contribution in [0.4, 0.5) is 0 Å². The maximum absolute atomic E-state index is 5.92. The third kappa shape index (κ3) is 2.22. The minimum absolute atomic E-state index is 0.387. The molecule has 1 heterocycles. The molecule has 2 aromatic carbocycles. The molecule has 1 fully saturated rings. The average molecular weight is 274 g/mol. The van der Waals surface area contributed by atoms with E-state index in [-0.39, 0.29) is 0 Å². The molecule has 1 aliphatic rings. The van der Waals surface area contributed by atoms with Crippen molar-refractivity contribution >= 4 is 10.8 Å². The van der Waals surface area contributed by atoms with Crippen LogP contribution < -0.4 is 5.73 Å². The standard InChI is InChI=1S/C19H18N2/c20-17-9-16(10-17)13-5-3-6-14(8-13)19-12-21-11-15-4-1-2-7-18(15)19/h1-8,11-12,16-17H,9-10,20H2. The van der Waals surface area contributed by atoms with Crippen molar-refractivity contribution in [3.8, 4) is 11.1 Å². The minimum Gasteiger partial charge on any atom is -0.328 e. The van der Waals surface area contributed by atoms with Crippen LogP contribution in [0, 0.1) is 0 Å². The van der Waals surface area contributed by atoms with Gasteiger partial charge in [0, 0.05) is 29.4 Å². The van der Waals surface area contributed by atoms with Gasteiger partial charge in [0.05, 0.1) is 0 Å². The van der Waals surface area contributed by atoms with E-state index in [2.05, 4.69) is 53.5 Å². The second-order valence-electron chi connectivity index (χ2n) is 5.96. The van der Waals surface area contributed by atoms with Gasteiger partial charge in [-0.1, -0.05) is 48.5 Å². The van der Waals surface area contributed by atoms with E-state index >= 15 is 0 Å². The average Bonchev–Trinajstić information content (AvgIpc) is 2.51. The van der Waals surface area contributed by atoms with E-state index < -0.39 is 0 Å². The van der Waals surface area contributed by atoms with E-state index in [1.165, 1.54) is 27.5 Å². The number of aromatic nitrogens is 1. The normalized spacial score (nSPS) is 21.2. The van der Waals surface area contributed by atoms with E-state index in [0.717, 1.165) is 12.8 Å². The zero-order valence-electron chi connectivity index (χ0n) is 11.9. The van der Waals surface area contributed by atoms with Crippen LogP contribution in [0.15, 0.2) is 60.9 Å². The molecule has 2 heteroatoms. The third-order valence-electron chi connectivity index (χ3n) is 4.51. The Labute approximate surface area is 124 Å². The van der Waals surface area contributed by atoms with Crippen LogP contribution in [-0.2, 0) is 0 Å². The summed E-state index contributed by atoms with van der Waals surface area (Å²) in [5.74, 6) is 0.628. The Morgan fingerprint density at radius 2 is 1.81 bits per heavy atom. The monoisotopic (exact) mass is 274 g/mol. The molecule has 104 valence electrons. The van der Waals surface area contributed by atoms with Crippen molar-refractivity contribution < 1.29 is 0 Å². The summed E-state index contributed by atoms with van der Waals surface area (Å²) >= 11 is 0. The van der Waals surface area contributed by atoms with Gasteiger partial charge in [-0.05, 0) is 35.3 Å². The van der Waals surface area contributed by atoms with Crippen LogP contribution >= 0.6 is 0 Å². The number of nitrogens with zero attached hydrogens (tertiary/aromatic N) is 1. The fraction of sp³-hybridized carbons (Fsp3) is 0.211. The Balaban J connectivity index is 1.80. The third-order valence-corrected chi connectivity index (χ3v) is 4.51. The summed E-state index contributed by atoms with van der Waals surface area (Å²) < 4.78 is 0.